The highest BCUT2D eigenvalue weighted by molar-refractivity contribution is 5.30. The zero-order chi connectivity index (χ0) is 16.9. The van der Waals surface area contributed by atoms with Crippen molar-refractivity contribution in [3.8, 4) is 5.69 Å². The van der Waals surface area contributed by atoms with Crippen LogP contribution in [0.1, 0.15) is 11.3 Å². The van der Waals surface area contributed by atoms with E-state index >= 15 is 0 Å². The third-order valence-electron chi connectivity index (χ3n) is 4.64. The number of rotatable bonds is 5. The molecule has 0 amide bonds. The number of aromatic nitrogens is 3. The summed E-state index contributed by atoms with van der Waals surface area (Å²) in [5.74, 6) is 0. The summed E-state index contributed by atoms with van der Waals surface area (Å²) in [4.78, 5) is 9.40. The van der Waals surface area contributed by atoms with Crippen LogP contribution in [-0.4, -0.2) is 50.7 Å². The summed E-state index contributed by atoms with van der Waals surface area (Å²) in [5.41, 5.74) is 3.52. The molecule has 0 saturated carbocycles. The molecule has 3 aromatic rings. The molecule has 0 aliphatic carbocycles. The Hall–Kier alpha value is -2.50. The first-order chi connectivity index (χ1) is 12.4. The van der Waals surface area contributed by atoms with Gasteiger partial charge in [-0.15, -0.1) is 0 Å². The summed E-state index contributed by atoms with van der Waals surface area (Å²) in [5, 5.41) is 4.49. The molecule has 0 spiro atoms. The summed E-state index contributed by atoms with van der Waals surface area (Å²) in [6.45, 7) is 6.25. The van der Waals surface area contributed by atoms with Gasteiger partial charge in [0, 0.05) is 57.2 Å². The van der Waals surface area contributed by atoms with Gasteiger partial charge in [0.2, 0.25) is 0 Å². The molecule has 2 aromatic heterocycles. The van der Waals surface area contributed by atoms with E-state index in [4.69, 9.17) is 0 Å². The van der Waals surface area contributed by atoms with Gasteiger partial charge in [-0.2, -0.15) is 5.10 Å². The smallest absolute Gasteiger partial charge is 0.0645 e. The topological polar surface area (TPSA) is 37.2 Å². The molecule has 4 rings (SSSR count). The molecular formula is C20H23N5. The Morgan fingerprint density at radius 3 is 2.24 bits per heavy atom. The fraction of sp³-hybridized carbons (Fsp3) is 0.300. The van der Waals surface area contributed by atoms with Crippen molar-refractivity contribution in [3.05, 3.63) is 78.4 Å². The van der Waals surface area contributed by atoms with Crippen LogP contribution in [0.3, 0.4) is 0 Å². The highest BCUT2D eigenvalue weighted by atomic mass is 15.3. The molecule has 25 heavy (non-hydrogen) atoms. The molecule has 1 aliphatic heterocycles. The molecule has 1 saturated heterocycles. The van der Waals surface area contributed by atoms with Gasteiger partial charge in [-0.25, -0.2) is 4.68 Å². The highest BCUT2D eigenvalue weighted by Gasteiger charge is 2.18. The Kier molecular flexibility index (Phi) is 4.86. The molecule has 1 aliphatic rings. The second-order valence-corrected chi connectivity index (χ2v) is 6.50. The molecule has 0 atom stereocenters. The first-order valence-corrected chi connectivity index (χ1v) is 8.80. The molecule has 5 nitrogen and oxygen atoms in total. The molecular weight excluding hydrogens is 310 g/mol. The predicted molar refractivity (Wildman–Crippen MR) is 98.4 cm³/mol. The summed E-state index contributed by atoms with van der Waals surface area (Å²) < 4.78 is 1.95. The monoisotopic (exact) mass is 333 g/mol. The quantitative estimate of drug-likeness (QED) is 0.719. The lowest BCUT2D eigenvalue weighted by atomic mass is 10.2. The Morgan fingerprint density at radius 1 is 0.800 bits per heavy atom. The van der Waals surface area contributed by atoms with Crippen LogP contribution in [0.25, 0.3) is 5.69 Å². The second kappa shape index (κ2) is 7.59. The zero-order valence-electron chi connectivity index (χ0n) is 14.3. The van der Waals surface area contributed by atoms with Crippen LogP contribution in [0.4, 0.5) is 0 Å². The average molecular weight is 333 g/mol. The summed E-state index contributed by atoms with van der Waals surface area (Å²) in [6, 6.07) is 16.4. The third kappa shape index (κ3) is 4.13. The van der Waals surface area contributed by atoms with Crippen molar-refractivity contribution in [2.24, 2.45) is 0 Å². The van der Waals surface area contributed by atoms with Gasteiger partial charge in [0.1, 0.15) is 0 Å². The molecule has 1 fully saturated rings. The molecule has 0 bridgehead atoms. The normalized spacial score (nSPS) is 16.2. The molecule has 128 valence electrons. The van der Waals surface area contributed by atoms with Crippen molar-refractivity contribution >= 4 is 0 Å². The largest absolute Gasteiger partial charge is 0.296 e. The number of hydrogen-bond donors (Lipinski definition) is 0. The fourth-order valence-corrected chi connectivity index (χ4v) is 3.25. The van der Waals surface area contributed by atoms with Crippen LogP contribution in [0.5, 0.6) is 0 Å². The third-order valence-corrected chi connectivity index (χ3v) is 4.64. The maximum absolute atomic E-state index is 4.49. The Bertz CT molecular complexity index is 776. The Labute approximate surface area is 148 Å². The van der Waals surface area contributed by atoms with Crippen molar-refractivity contribution in [3.63, 3.8) is 0 Å². The predicted octanol–water partition coefficient (Wildman–Crippen LogP) is 2.59. The van der Waals surface area contributed by atoms with Gasteiger partial charge in [-0.3, -0.25) is 14.8 Å². The SMILES string of the molecule is c1ccc(-n2cc(CN3CCN(Cc4ccccn4)CC3)cn2)cc1. The van der Waals surface area contributed by atoms with E-state index in [-0.39, 0.29) is 0 Å². The van der Waals surface area contributed by atoms with Crippen molar-refractivity contribution in [1.82, 2.24) is 24.6 Å². The number of para-hydroxylation sites is 1. The van der Waals surface area contributed by atoms with E-state index in [1.165, 1.54) is 5.56 Å². The lowest BCUT2D eigenvalue weighted by Gasteiger charge is -2.34. The van der Waals surface area contributed by atoms with E-state index in [2.05, 4.69) is 50.3 Å². The van der Waals surface area contributed by atoms with E-state index in [1.54, 1.807) is 0 Å². The van der Waals surface area contributed by atoms with Crippen LogP contribution in [0.2, 0.25) is 0 Å². The van der Waals surface area contributed by atoms with Gasteiger partial charge < -0.3 is 0 Å². The number of nitrogens with zero attached hydrogens (tertiary/aromatic N) is 5. The van der Waals surface area contributed by atoms with Crippen molar-refractivity contribution in [2.75, 3.05) is 26.2 Å². The van der Waals surface area contributed by atoms with E-state index in [1.807, 2.05) is 41.3 Å². The van der Waals surface area contributed by atoms with Gasteiger partial charge in [-0.1, -0.05) is 24.3 Å². The van der Waals surface area contributed by atoms with Crippen LogP contribution in [0, 0.1) is 0 Å². The number of benzene rings is 1. The molecule has 0 radical (unpaired) electrons. The lowest BCUT2D eigenvalue weighted by molar-refractivity contribution is 0.121. The lowest BCUT2D eigenvalue weighted by Crippen LogP contribution is -2.45. The first kappa shape index (κ1) is 16.0. The fourth-order valence-electron chi connectivity index (χ4n) is 3.25. The second-order valence-electron chi connectivity index (χ2n) is 6.50. The Morgan fingerprint density at radius 2 is 1.52 bits per heavy atom. The summed E-state index contributed by atoms with van der Waals surface area (Å²) in [6.07, 6.45) is 5.98. The van der Waals surface area contributed by atoms with Crippen molar-refractivity contribution in [2.45, 2.75) is 13.1 Å². The minimum absolute atomic E-state index is 0.945. The minimum atomic E-state index is 0.945. The first-order valence-electron chi connectivity index (χ1n) is 8.80. The van der Waals surface area contributed by atoms with Crippen LogP contribution < -0.4 is 0 Å². The van der Waals surface area contributed by atoms with Crippen LogP contribution in [-0.2, 0) is 13.1 Å². The van der Waals surface area contributed by atoms with Crippen LogP contribution in [0.15, 0.2) is 67.1 Å². The molecule has 0 N–H and O–H groups in total. The number of pyridine rings is 1. The highest BCUT2D eigenvalue weighted by Crippen LogP contribution is 2.12. The zero-order valence-corrected chi connectivity index (χ0v) is 14.3. The van der Waals surface area contributed by atoms with E-state index in [0.29, 0.717) is 0 Å². The summed E-state index contributed by atoms with van der Waals surface area (Å²) in [7, 11) is 0. The maximum Gasteiger partial charge on any atom is 0.0645 e. The van der Waals surface area contributed by atoms with Gasteiger partial charge >= 0.3 is 0 Å². The van der Waals surface area contributed by atoms with Gasteiger partial charge in [0.15, 0.2) is 0 Å². The summed E-state index contributed by atoms with van der Waals surface area (Å²) >= 11 is 0. The standard InChI is InChI=1S/C20H23N5/c1-2-7-20(8-3-1)25-16-18(14-22-25)15-23-10-12-24(13-11-23)17-19-6-4-5-9-21-19/h1-9,14,16H,10-13,15,17H2. The number of piperazine rings is 1. The van der Waals surface area contributed by atoms with Crippen molar-refractivity contribution in [1.29, 1.82) is 0 Å². The van der Waals surface area contributed by atoms with Gasteiger partial charge in [-0.05, 0) is 24.3 Å². The molecule has 5 heteroatoms. The molecule has 1 aromatic carbocycles. The maximum atomic E-state index is 4.49. The van der Waals surface area contributed by atoms with Crippen LogP contribution >= 0.6 is 0 Å². The van der Waals surface area contributed by atoms with Crippen molar-refractivity contribution < 1.29 is 0 Å². The Balaban J connectivity index is 1.30. The average Bonchev–Trinajstić information content (AvgIpc) is 3.14. The van der Waals surface area contributed by atoms with E-state index in [9.17, 15) is 0 Å². The van der Waals surface area contributed by atoms with E-state index < -0.39 is 0 Å². The van der Waals surface area contributed by atoms with E-state index in [0.717, 1.165) is 50.6 Å². The van der Waals surface area contributed by atoms with Gasteiger partial charge in [0.25, 0.3) is 0 Å². The number of hydrogen-bond acceptors (Lipinski definition) is 4. The molecule has 3 heterocycles. The minimum Gasteiger partial charge on any atom is -0.296 e. The molecule has 0 unspecified atom stereocenters. The van der Waals surface area contributed by atoms with Gasteiger partial charge in [0.05, 0.1) is 17.6 Å².